The summed E-state index contributed by atoms with van der Waals surface area (Å²) in [6.07, 6.45) is 1.67. The molecule has 0 heterocycles. The highest BCUT2D eigenvalue weighted by Gasteiger charge is 2.01. The minimum absolute atomic E-state index is 0.354. The monoisotopic (exact) mass is 204 g/mol. The van der Waals surface area contributed by atoms with Gasteiger partial charge < -0.3 is 5.11 Å². The molecule has 1 N–H and O–H groups in total. The Morgan fingerprint density at radius 1 is 1.27 bits per heavy atom. The van der Waals surface area contributed by atoms with Crippen molar-refractivity contribution in [2.45, 2.75) is 26.7 Å². The first-order chi connectivity index (χ1) is 7.00. The summed E-state index contributed by atoms with van der Waals surface area (Å²) in [5, 5.41) is 8.72. The third kappa shape index (κ3) is 3.24. The number of rotatable bonds is 3. The third-order valence-corrected chi connectivity index (χ3v) is 2.32. The van der Waals surface area contributed by atoms with Crippen LogP contribution in [0.1, 0.15) is 37.8 Å². The molecular formula is C13H16O2. The van der Waals surface area contributed by atoms with E-state index < -0.39 is 5.97 Å². The van der Waals surface area contributed by atoms with Crippen LogP contribution in [0.15, 0.2) is 29.8 Å². The molecule has 2 heteroatoms. The van der Waals surface area contributed by atoms with E-state index in [-0.39, 0.29) is 0 Å². The molecule has 0 aliphatic carbocycles. The quantitative estimate of drug-likeness (QED) is 0.767. The summed E-state index contributed by atoms with van der Waals surface area (Å²) in [6.45, 7) is 5.86. The molecule has 80 valence electrons. The lowest BCUT2D eigenvalue weighted by atomic mass is 10.0. The molecule has 0 aromatic heterocycles. The first kappa shape index (κ1) is 11.5. The van der Waals surface area contributed by atoms with Crippen LogP contribution in [0, 0.1) is 0 Å². The Kier molecular flexibility index (Phi) is 3.67. The highest BCUT2D eigenvalue weighted by atomic mass is 16.4. The number of carboxylic acid groups (broad SMARTS) is 1. The van der Waals surface area contributed by atoms with Gasteiger partial charge in [0.25, 0.3) is 0 Å². The van der Waals surface area contributed by atoms with Crippen molar-refractivity contribution in [3.63, 3.8) is 0 Å². The Hall–Kier alpha value is -1.57. The number of hydrogen-bond acceptors (Lipinski definition) is 1. The van der Waals surface area contributed by atoms with Gasteiger partial charge in [-0.15, -0.1) is 0 Å². The Balaban J connectivity index is 2.90. The van der Waals surface area contributed by atoms with E-state index in [1.807, 2.05) is 24.3 Å². The zero-order chi connectivity index (χ0) is 11.4. The van der Waals surface area contributed by atoms with Gasteiger partial charge in [-0.2, -0.15) is 0 Å². The molecular weight excluding hydrogens is 188 g/mol. The van der Waals surface area contributed by atoms with Crippen molar-refractivity contribution >= 4 is 12.0 Å². The van der Waals surface area contributed by atoms with Crippen LogP contribution in [-0.2, 0) is 4.79 Å². The smallest absolute Gasteiger partial charge is 0.331 e. The lowest BCUT2D eigenvalue weighted by Gasteiger charge is -2.04. The molecule has 0 atom stereocenters. The van der Waals surface area contributed by atoms with Crippen LogP contribution < -0.4 is 0 Å². The molecule has 0 bridgehead atoms. The van der Waals surface area contributed by atoms with Crippen molar-refractivity contribution in [2.75, 3.05) is 0 Å². The highest BCUT2D eigenvalue weighted by Crippen LogP contribution is 2.16. The van der Waals surface area contributed by atoms with Gasteiger partial charge in [-0.25, -0.2) is 4.79 Å². The van der Waals surface area contributed by atoms with E-state index in [1.165, 1.54) is 5.56 Å². The molecule has 0 aliphatic heterocycles. The molecule has 15 heavy (non-hydrogen) atoms. The molecule has 0 spiro atoms. The topological polar surface area (TPSA) is 37.3 Å². The normalized spacial score (nSPS) is 11.9. The van der Waals surface area contributed by atoms with Crippen LogP contribution in [-0.4, -0.2) is 11.1 Å². The molecule has 0 amide bonds. The summed E-state index contributed by atoms with van der Waals surface area (Å²) in [5.41, 5.74) is 2.55. The molecule has 1 aromatic rings. The fraction of sp³-hybridized carbons (Fsp3) is 0.308. The third-order valence-electron chi connectivity index (χ3n) is 2.32. The van der Waals surface area contributed by atoms with E-state index in [0.717, 1.165) is 5.56 Å². The number of aliphatic carboxylic acids is 1. The minimum atomic E-state index is -0.872. The number of hydrogen-bond donors (Lipinski definition) is 1. The minimum Gasteiger partial charge on any atom is -0.478 e. The van der Waals surface area contributed by atoms with Gasteiger partial charge in [0, 0.05) is 5.57 Å². The predicted molar refractivity (Wildman–Crippen MR) is 61.8 cm³/mol. The summed E-state index contributed by atoms with van der Waals surface area (Å²) >= 11 is 0. The van der Waals surface area contributed by atoms with Gasteiger partial charge in [0.05, 0.1) is 0 Å². The van der Waals surface area contributed by atoms with E-state index in [0.29, 0.717) is 11.5 Å². The largest absolute Gasteiger partial charge is 0.478 e. The van der Waals surface area contributed by atoms with Crippen molar-refractivity contribution in [1.82, 2.24) is 0 Å². The van der Waals surface area contributed by atoms with E-state index in [4.69, 9.17) is 5.11 Å². The summed E-state index contributed by atoms with van der Waals surface area (Å²) in [5.74, 6) is -0.369. The van der Waals surface area contributed by atoms with Crippen molar-refractivity contribution < 1.29 is 9.90 Å². The highest BCUT2D eigenvalue weighted by molar-refractivity contribution is 5.91. The van der Waals surface area contributed by atoms with Gasteiger partial charge in [-0.1, -0.05) is 38.1 Å². The summed E-state index contributed by atoms with van der Waals surface area (Å²) < 4.78 is 0. The van der Waals surface area contributed by atoms with Crippen LogP contribution in [0.4, 0.5) is 0 Å². The van der Waals surface area contributed by atoms with Gasteiger partial charge >= 0.3 is 5.97 Å². The molecule has 0 radical (unpaired) electrons. The first-order valence-corrected chi connectivity index (χ1v) is 5.02. The lowest BCUT2D eigenvalue weighted by molar-refractivity contribution is -0.132. The van der Waals surface area contributed by atoms with Crippen molar-refractivity contribution in [3.8, 4) is 0 Å². The van der Waals surface area contributed by atoms with Crippen molar-refractivity contribution in [1.29, 1.82) is 0 Å². The molecule has 1 aromatic carbocycles. The Bertz CT molecular complexity index is 372. The molecule has 0 fully saturated rings. The zero-order valence-electron chi connectivity index (χ0n) is 9.32. The molecule has 2 nitrogen and oxygen atoms in total. The van der Waals surface area contributed by atoms with E-state index in [9.17, 15) is 4.79 Å². The maximum absolute atomic E-state index is 10.6. The van der Waals surface area contributed by atoms with Gasteiger partial charge in [0.1, 0.15) is 0 Å². The Morgan fingerprint density at radius 3 is 2.20 bits per heavy atom. The van der Waals surface area contributed by atoms with Gasteiger partial charge in [0.15, 0.2) is 0 Å². The molecule has 1 rings (SSSR count). The van der Waals surface area contributed by atoms with E-state index >= 15 is 0 Å². The SMILES string of the molecule is C/C(=C/c1ccc(C(C)C)cc1)C(=O)O. The fourth-order valence-electron chi connectivity index (χ4n) is 1.29. The van der Waals surface area contributed by atoms with Gasteiger partial charge in [-0.05, 0) is 30.0 Å². The fourth-order valence-corrected chi connectivity index (χ4v) is 1.29. The van der Waals surface area contributed by atoms with Crippen LogP contribution in [0.3, 0.4) is 0 Å². The van der Waals surface area contributed by atoms with Crippen LogP contribution in [0.25, 0.3) is 6.08 Å². The molecule has 0 unspecified atom stereocenters. The van der Waals surface area contributed by atoms with Crippen LogP contribution >= 0.6 is 0 Å². The molecule has 0 saturated heterocycles. The summed E-state index contributed by atoms with van der Waals surface area (Å²) in [7, 11) is 0. The van der Waals surface area contributed by atoms with E-state index in [1.54, 1.807) is 13.0 Å². The lowest BCUT2D eigenvalue weighted by Crippen LogP contribution is -1.95. The van der Waals surface area contributed by atoms with Crippen molar-refractivity contribution in [3.05, 3.63) is 41.0 Å². The average molecular weight is 204 g/mol. The van der Waals surface area contributed by atoms with Gasteiger partial charge in [-0.3, -0.25) is 0 Å². The zero-order valence-corrected chi connectivity index (χ0v) is 9.32. The van der Waals surface area contributed by atoms with Gasteiger partial charge in [0.2, 0.25) is 0 Å². The van der Waals surface area contributed by atoms with E-state index in [2.05, 4.69) is 13.8 Å². The van der Waals surface area contributed by atoms with Crippen LogP contribution in [0.5, 0.6) is 0 Å². The number of carboxylic acids is 1. The summed E-state index contributed by atoms with van der Waals surface area (Å²) in [6, 6.07) is 7.96. The predicted octanol–water partition coefficient (Wildman–Crippen LogP) is 3.30. The standard InChI is InChI=1S/C13H16O2/c1-9(2)12-6-4-11(5-7-12)8-10(3)13(14)15/h4-9H,1-3H3,(H,14,15)/b10-8-. The second-order valence-electron chi connectivity index (χ2n) is 3.95. The summed E-state index contributed by atoms with van der Waals surface area (Å²) in [4.78, 5) is 10.6. The number of benzene rings is 1. The molecule has 0 saturated carbocycles. The molecule has 0 aliphatic rings. The van der Waals surface area contributed by atoms with Crippen LogP contribution in [0.2, 0.25) is 0 Å². The second kappa shape index (κ2) is 4.78. The maximum Gasteiger partial charge on any atom is 0.331 e. The van der Waals surface area contributed by atoms with Crippen molar-refractivity contribution in [2.24, 2.45) is 0 Å². The Morgan fingerprint density at radius 2 is 1.80 bits per heavy atom. The first-order valence-electron chi connectivity index (χ1n) is 5.02. The average Bonchev–Trinajstić information content (AvgIpc) is 2.18. The second-order valence-corrected chi connectivity index (χ2v) is 3.95. The Labute approximate surface area is 90.3 Å². The number of carbonyl (C=O) groups is 1. The maximum atomic E-state index is 10.6.